The van der Waals surface area contributed by atoms with Gasteiger partial charge in [0.25, 0.3) is 0 Å². The van der Waals surface area contributed by atoms with Crippen molar-refractivity contribution >= 4 is 23.3 Å². The van der Waals surface area contributed by atoms with Gasteiger partial charge in [-0.3, -0.25) is 4.57 Å². The van der Waals surface area contributed by atoms with E-state index in [2.05, 4.69) is 15.7 Å². The van der Waals surface area contributed by atoms with E-state index in [1.165, 1.54) is 16.7 Å². The van der Waals surface area contributed by atoms with Crippen LogP contribution in [-0.4, -0.2) is 26.9 Å². The summed E-state index contributed by atoms with van der Waals surface area (Å²) >= 11 is 5.88. The molecule has 0 bridgehead atoms. The maximum atomic E-state index is 13.1. The van der Waals surface area contributed by atoms with Crippen LogP contribution in [0.3, 0.4) is 0 Å². The summed E-state index contributed by atoms with van der Waals surface area (Å²) in [5, 5.41) is 9.98. The lowest BCUT2D eigenvalue weighted by molar-refractivity contribution is -0.137. The van der Waals surface area contributed by atoms with Crippen LogP contribution >= 0.6 is 11.6 Å². The standard InChI is InChI=1S/C21H19ClF3N5O2/c22-15-5-2-6-16(12-15)27-19(31)26-9-10-29-20(32)30(17-7-8-17)18(28-29)13-3-1-4-14(11-13)21(23,24)25/h1-6,11-12,17H,7-10H2,(H2,26,27,31). The highest BCUT2D eigenvalue weighted by Gasteiger charge is 2.33. The van der Waals surface area contributed by atoms with Gasteiger partial charge in [-0.2, -0.15) is 13.2 Å². The third kappa shape index (κ3) is 4.96. The lowest BCUT2D eigenvalue weighted by Crippen LogP contribution is -2.34. The van der Waals surface area contributed by atoms with E-state index in [-0.39, 0.29) is 30.5 Å². The summed E-state index contributed by atoms with van der Waals surface area (Å²) in [5.74, 6) is 0.187. The molecule has 32 heavy (non-hydrogen) atoms. The quantitative estimate of drug-likeness (QED) is 0.561. The summed E-state index contributed by atoms with van der Waals surface area (Å²) in [6.07, 6.45) is -2.97. The van der Waals surface area contributed by atoms with E-state index in [0.717, 1.165) is 29.7 Å². The molecule has 2 N–H and O–H groups in total. The van der Waals surface area contributed by atoms with Gasteiger partial charge in [0, 0.05) is 28.9 Å². The first kappa shape index (κ1) is 21.9. The van der Waals surface area contributed by atoms with Crippen LogP contribution in [0, 0.1) is 0 Å². The maximum absolute atomic E-state index is 13.1. The Balaban J connectivity index is 1.49. The molecule has 0 atom stereocenters. The van der Waals surface area contributed by atoms with Crippen LogP contribution in [0.4, 0.5) is 23.7 Å². The minimum Gasteiger partial charge on any atom is -0.336 e. The SMILES string of the molecule is O=C(NCCn1nc(-c2cccc(C(F)(F)F)c2)n(C2CC2)c1=O)Nc1cccc(Cl)c1. The van der Waals surface area contributed by atoms with Gasteiger partial charge in [-0.05, 0) is 43.2 Å². The molecule has 1 aromatic heterocycles. The van der Waals surface area contributed by atoms with E-state index in [0.29, 0.717) is 10.7 Å². The molecule has 4 rings (SSSR count). The smallest absolute Gasteiger partial charge is 0.336 e. The van der Waals surface area contributed by atoms with Gasteiger partial charge in [-0.1, -0.05) is 29.8 Å². The molecule has 7 nitrogen and oxygen atoms in total. The molecule has 0 saturated heterocycles. The number of rotatable bonds is 6. The molecule has 2 aromatic carbocycles. The monoisotopic (exact) mass is 465 g/mol. The number of aromatic nitrogens is 3. The van der Waals surface area contributed by atoms with Crippen LogP contribution < -0.4 is 16.3 Å². The number of carbonyl (C=O) groups excluding carboxylic acids is 1. The number of amides is 2. The molecule has 11 heteroatoms. The fourth-order valence-corrected chi connectivity index (χ4v) is 3.47. The lowest BCUT2D eigenvalue weighted by Gasteiger charge is -2.09. The molecular formula is C21H19ClF3N5O2. The molecule has 168 valence electrons. The van der Waals surface area contributed by atoms with Crippen molar-refractivity contribution in [1.82, 2.24) is 19.7 Å². The summed E-state index contributed by atoms with van der Waals surface area (Å²) in [4.78, 5) is 24.9. The number of hydrogen-bond acceptors (Lipinski definition) is 3. The van der Waals surface area contributed by atoms with Crippen molar-refractivity contribution in [2.75, 3.05) is 11.9 Å². The number of nitrogens with one attached hydrogen (secondary N) is 2. The summed E-state index contributed by atoms with van der Waals surface area (Å²) in [7, 11) is 0. The van der Waals surface area contributed by atoms with Gasteiger partial charge in [0.1, 0.15) is 0 Å². The number of carbonyl (C=O) groups is 1. The third-order valence-corrected chi connectivity index (χ3v) is 5.16. The minimum absolute atomic E-state index is 0.0630. The average Bonchev–Trinajstić information content (AvgIpc) is 3.51. The number of anilines is 1. The van der Waals surface area contributed by atoms with Gasteiger partial charge < -0.3 is 10.6 Å². The number of nitrogens with zero attached hydrogens (tertiary/aromatic N) is 3. The zero-order chi connectivity index (χ0) is 22.9. The first-order valence-corrected chi connectivity index (χ1v) is 10.3. The van der Waals surface area contributed by atoms with E-state index in [1.807, 2.05) is 0 Å². The Bertz CT molecular complexity index is 1200. The van der Waals surface area contributed by atoms with Gasteiger partial charge in [-0.25, -0.2) is 14.3 Å². The van der Waals surface area contributed by atoms with E-state index >= 15 is 0 Å². The number of alkyl halides is 3. The van der Waals surface area contributed by atoms with Gasteiger partial charge >= 0.3 is 17.9 Å². The van der Waals surface area contributed by atoms with E-state index in [4.69, 9.17) is 11.6 Å². The second-order valence-corrected chi connectivity index (χ2v) is 7.84. The number of urea groups is 1. The highest BCUT2D eigenvalue weighted by molar-refractivity contribution is 6.30. The van der Waals surface area contributed by atoms with Crippen LogP contribution in [0.15, 0.2) is 53.3 Å². The second kappa shape index (κ2) is 8.70. The predicted octanol–water partition coefficient (Wildman–Crippen LogP) is 4.54. The zero-order valence-electron chi connectivity index (χ0n) is 16.7. The molecule has 0 unspecified atom stereocenters. The van der Waals surface area contributed by atoms with Crippen LogP contribution in [0.2, 0.25) is 5.02 Å². The summed E-state index contributed by atoms with van der Waals surface area (Å²) < 4.78 is 41.9. The molecule has 0 aliphatic heterocycles. The molecular weight excluding hydrogens is 447 g/mol. The summed E-state index contributed by atoms with van der Waals surface area (Å²) in [6.45, 7) is 0.156. The highest BCUT2D eigenvalue weighted by atomic mass is 35.5. The van der Waals surface area contributed by atoms with Gasteiger partial charge in [0.2, 0.25) is 0 Å². The van der Waals surface area contributed by atoms with Crippen molar-refractivity contribution < 1.29 is 18.0 Å². The average molecular weight is 466 g/mol. The Kier molecular flexibility index (Phi) is 5.96. The fourth-order valence-electron chi connectivity index (χ4n) is 3.28. The van der Waals surface area contributed by atoms with Crippen molar-refractivity contribution in [3.05, 3.63) is 69.6 Å². The predicted molar refractivity (Wildman–Crippen MR) is 114 cm³/mol. The lowest BCUT2D eigenvalue weighted by atomic mass is 10.1. The Morgan fingerprint density at radius 3 is 2.59 bits per heavy atom. The molecule has 3 aromatic rings. The Morgan fingerprint density at radius 1 is 1.16 bits per heavy atom. The van der Waals surface area contributed by atoms with Gasteiger partial charge in [0.15, 0.2) is 5.82 Å². The Hall–Kier alpha value is -3.27. The first-order chi connectivity index (χ1) is 15.2. The Morgan fingerprint density at radius 2 is 1.91 bits per heavy atom. The van der Waals surface area contributed by atoms with Crippen molar-refractivity contribution in [2.24, 2.45) is 0 Å². The maximum Gasteiger partial charge on any atom is 0.416 e. The van der Waals surface area contributed by atoms with Crippen molar-refractivity contribution in [1.29, 1.82) is 0 Å². The fraction of sp³-hybridized carbons (Fsp3) is 0.286. The highest BCUT2D eigenvalue weighted by Crippen LogP contribution is 2.37. The van der Waals surface area contributed by atoms with E-state index in [9.17, 15) is 22.8 Å². The van der Waals surface area contributed by atoms with Crippen molar-refractivity contribution in [3.63, 3.8) is 0 Å². The van der Waals surface area contributed by atoms with E-state index < -0.39 is 23.5 Å². The molecule has 1 saturated carbocycles. The van der Waals surface area contributed by atoms with Crippen molar-refractivity contribution in [2.45, 2.75) is 31.6 Å². The minimum atomic E-state index is -4.50. The van der Waals surface area contributed by atoms with Crippen LogP contribution in [-0.2, 0) is 12.7 Å². The topological polar surface area (TPSA) is 81.0 Å². The van der Waals surface area contributed by atoms with Crippen LogP contribution in [0.1, 0.15) is 24.4 Å². The summed E-state index contributed by atoms with van der Waals surface area (Å²) in [6, 6.07) is 10.8. The molecule has 1 heterocycles. The first-order valence-electron chi connectivity index (χ1n) is 9.90. The molecule has 1 fully saturated rings. The number of halogens is 4. The molecule has 0 radical (unpaired) electrons. The van der Waals surface area contributed by atoms with Crippen molar-refractivity contribution in [3.8, 4) is 11.4 Å². The molecule has 2 amide bonds. The summed E-state index contributed by atoms with van der Waals surface area (Å²) in [5.41, 5.74) is -0.498. The molecule has 1 aliphatic carbocycles. The Labute approximate surface area is 185 Å². The van der Waals surface area contributed by atoms with E-state index in [1.54, 1.807) is 24.3 Å². The normalized spacial score (nSPS) is 13.8. The van der Waals surface area contributed by atoms with Crippen LogP contribution in [0.5, 0.6) is 0 Å². The third-order valence-electron chi connectivity index (χ3n) is 4.92. The number of hydrogen-bond donors (Lipinski definition) is 2. The van der Waals surface area contributed by atoms with Gasteiger partial charge in [0.05, 0.1) is 12.1 Å². The van der Waals surface area contributed by atoms with Gasteiger partial charge in [-0.15, -0.1) is 5.10 Å². The van der Waals surface area contributed by atoms with Crippen LogP contribution in [0.25, 0.3) is 11.4 Å². The number of benzene rings is 2. The zero-order valence-corrected chi connectivity index (χ0v) is 17.5. The molecule has 0 spiro atoms. The molecule has 1 aliphatic rings. The second-order valence-electron chi connectivity index (χ2n) is 7.40. The largest absolute Gasteiger partial charge is 0.416 e.